The standard InChI is InChI=1S/C55H93FN6O11S/c1-14-47-54(10,65)50(63)40(8)60(12)33-35(3)29-55(66,15-2)51(38(6)49(39(7)52(64)72-47)46-31-53(9,69-13)30-37(5)70-46)73-48-28-44(26-36(4)71-48)59(11)21-20-42-34-62(58-57-42)45(32-56)27-41-16-18-43(19-17-41)61-22-24-74(67,68)25-23-61/h16-19,34-40,44-51,63,65-66H,14-15,20-33H2,1-13H3/t35-,36-,37+,38+,39-,40-,44+,45+,46-,47-,48+,49?,50-,51-,53+,54-,55-/m1/s1. The molecule has 0 spiro atoms. The summed E-state index contributed by atoms with van der Waals surface area (Å²) in [6, 6.07) is 6.85. The van der Waals surface area contributed by atoms with Gasteiger partial charge in [0.15, 0.2) is 16.1 Å². The fourth-order valence-corrected chi connectivity index (χ4v) is 14.0. The third-order valence-electron chi connectivity index (χ3n) is 17.5. The molecule has 6 rings (SSSR count). The highest BCUT2D eigenvalue weighted by atomic mass is 32.2. The summed E-state index contributed by atoms with van der Waals surface area (Å²) < 4.78 is 73.2. The normalized spacial score (nSPS) is 38.8. The van der Waals surface area contributed by atoms with Crippen molar-refractivity contribution in [3.8, 4) is 0 Å². The number of benzene rings is 1. The molecule has 0 aliphatic carbocycles. The molecule has 74 heavy (non-hydrogen) atoms. The van der Waals surface area contributed by atoms with Crippen LogP contribution >= 0.6 is 0 Å². The molecule has 5 heterocycles. The first kappa shape index (κ1) is 60.4. The van der Waals surface area contributed by atoms with Crippen LogP contribution in [0.1, 0.15) is 131 Å². The molecule has 4 saturated heterocycles. The van der Waals surface area contributed by atoms with Crippen LogP contribution in [-0.4, -0.2) is 192 Å². The molecule has 1 aromatic heterocycles. The van der Waals surface area contributed by atoms with Gasteiger partial charge < -0.3 is 53.7 Å². The molecule has 422 valence electrons. The predicted octanol–water partition coefficient (Wildman–Crippen LogP) is 5.82. The first-order chi connectivity index (χ1) is 34.7. The number of aromatic nitrogens is 3. The van der Waals surface area contributed by atoms with Crippen molar-refractivity contribution in [1.82, 2.24) is 24.8 Å². The Morgan fingerprint density at radius 3 is 2.27 bits per heavy atom. The number of halogens is 1. The van der Waals surface area contributed by atoms with Crippen molar-refractivity contribution in [3.63, 3.8) is 0 Å². The lowest BCUT2D eigenvalue weighted by atomic mass is 9.68. The van der Waals surface area contributed by atoms with Gasteiger partial charge in [-0.2, -0.15) is 0 Å². The summed E-state index contributed by atoms with van der Waals surface area (Å²) in [6.07, 6.45) is 1.53. The van der Waals surface area contributed by atoms with Gasteiger partial charge in [0.2, 0.25) is 0 Å². The van der Waals surface area contributed by atoms with Gasteiger partial charge in [0, 0.05) is 88.9 Å². The molecule has 0 saturated carbocycles. The summed E-state index contributed by atoms with van der Waals surface area (Å²) in [5, 5.41) is 45.7. The van der Waals surface area contributed by atoms with Crippen molar-refractivity contribution >= 4 is 21.5 Å². The number of hydrogen-bond acceptors (Lipinski definition) is 16. The number of carbonyl (C=O) groups excluding carboxylic acids is 1. The molecular formula is C55H93FN6O11S. The van der Waals surface area contributed by atoms with Crippen LogP contribution in [-0.2, 0) is 51.2 Å². The number of sulfone groups is 1. The molecule has 1 aromatic carbocycles. The summed E-state index contributed by atoms with van der Waals surface area (Å²) in [5.74, 6) is -2.16. The molecule has 17 atom stereocenters. The smallest absolute Gasteiger partial charge is 0.309 e. The Hall–Kier alpha value is -2.85. The Bertz CT molecular complexity index is 2190. The number of nitrogens with zero attached hydrogens (tertiary/aromatic N) is 6. The van der Waals surface area contributed by atoms with E-state index in [2.05, 4.69) is 41.0 Å². The lowest BCUT2D eigenvalue weighted by molar-refractivity contribution is -0.274. The number of carbonyl (C=O) groups is 1. The van der Waals surface area contributed by atoms with Crippen molar-refractivity contribution in [2.45, 2.75) is 205 Å². The van der Waals surface area contributed by atoms with E-state index in [1.54, 1.807) is 11.8 Å². The fraction of sp³-hybridized carbons (Fsp3) is 0.836. The van der Waals surface area contributed by atoms with E-state index in [-0.39, 0.29) is 42.1 Å². The van der Waals surface area contributed by atoms with E-state index in [0.29, 0.717) is 71.1 Å². The van der Waals surface area contributed by atoms with Gasteiger partial charge in [-0.1, -0.05) is 52.0 Å². The zero-order chi connectivity index (χ0) is 54.5. The average molecular weight is 1070 g/mol. The molecule has 0 amide bonds. The maximum absolute atomic E-state index is 14.7. The Labute approximate surface area is 442 Å². The van der Waals surface area contributed by atoms with Gasteiger partial charge in [-0.25, -0.2) is 17.5 Å². The molecule has 1 unspecified atom stereocenters. The highest BCUT2D eigenvalue weighted by Gasteiger charge is 2.53. The number of anilines is 1. The minimum absolute atomic E-state index is 0.0378. The minimum atomic E-state index is -2.99. The van der Waals surface area contributed by atoms with E-state index >= 15 is 0 Å². The zero-order valence-corrected chi connectivity index (χ0v) is 47.7. The number of hydrogen-bond donors (Lipinski definition) is 3. The van der Waals surface area contributed by atoms with Gasteiger partial charge >= 0.3 is 5.97 Å². The number of aliphatic hydroxyl groups excluding tert-OH is 1. The number of cyclic esters (lactones) is 1. The summed E-state index contributed by atoms with van der Waals surface area (Å²) in [7, 11) is 2.69. The van der Waals surface area contributed by atoms with Crippen molar-refractivity contribution in [2.24, 2.45) is 23.7 Å². The lowest BCUT2D eigenvalue weighted by Crippen LogP contribution is -2.59. The van der Waals surface area contributed by atoms with Gasteiger partial charge in [0.25, 0.3) is 0 Å². The van der Waals surface area contributed by atoms with E-state index < -0.39 is 99.8 Å². The first-order valence-electron chi connectivity index (χ1n) is 27.5. The average Bonchev–Trinajstić information content (AvgIpc) is 3.83. The van der Waals surface area contributed by atoms with Crippen LogP contribution < -0.4 is 4.90 Å². The Kier molecular flexibility index (Phi) is 20.6. The number of methoxy groups -OCH3 is 1. The predicted molar refractivity (Wildman–Crippen MR) is 283 cm³/mol. The number of rotatable bonds is 15. The van der Waals surface area contributed by atoms with Crippen molar-refractivity contribution < 1.29 is 56.6 Å². The van der Waals surface area contributed by atoms with Crippen LogP contribution in [0, 0.1) is 23.7 Å². The molecule has 4 aliphatic rings. The largest absolute Gasteiger partial charge is 0.459 e. The SMILES string of the molecule is CC[C@H]1OC(=O)[C@H](C)C([C@H]2C[C@@](C)(OC)C[C@H](C)O2)[C@H](C)[C@@H](O[C@H]2C[C@@H](N(C)CCc3cn([C@H](CF)Cc4ccc(N5CCS(=O)(=O)CC5)cc4)nn3)C[C@@H](C)O2)[C@@](O)(CC)C[C@@H](C)CN(C)[C@H](C)[C@@H](O)[C@]1(C)O. The Morgan fingerprint density at radius 1 is 0.973 bits per heavy atom. The second-order valence-electron chi connectivity index (χ2n) is 23.5. The monoisotopic (exact) mass is 1060 g/mol. The van der Waals surface area contributed by atoms with Crippen LogP contribution in [0.2, 0.25) is 0 Å². The number of likely N-dealkylation sites (N-methyl/N-ethyl adjacent to an activating group) is 2. The van der Waals surface area contributed by atoms with Gasteiger partial charge in [-0.3, -0.25) is 4.79 Å². The van der Waals surface area contributed by atoms with Crippen LogP contribution in [0.3, 0.4) is 0 Å². The van der Waals surface area contributed by atoms with E-state index in [1.165, 1.54) is 6.92 Å². The molecule has 0 radical (unpaired) electrons. The van der Waals surface area contributed by atoms with Crippen molar-refractivity contribution in [1.29, 1.82) is 0 Å². The maximum Gasteiger partial charge on any atom is 0.309 e. The number of aliphatic hydroxyl groups is 3. The quantitative estimate of drug-likeness (QED) is 0.180. The van der Waals surface area contributed by atoms with Gasteiger partial charge in [0.1, 0.15) is 24.5 Å². The number of esters is 1. The van der Waals surface area contributed by atoms with E-state index in [4.69, 9.17) is 23.7 Å². The van der Waals surface area contributed by atoms with Gasteiger partial charge in [-0.15, -0.1) is 5.10 Å². The molecular weight excluding hydrogens is 972 g/mol. The van der Waals surface area contributed by atoms with Gasteiger partial charge in [-0.05, 0) is 110 Å². The van der Waals surface area contributed by atoms with Crippen LogP contribution in [0.25, 0.3) is 0 Å². The number of ether oxygens (including phenoxy) is 5. The first-order valence-corrected chi connectivity index (χ1v) is 29.3. The fourth-order valence-electron chi connectivity index (χ4n) is 12.8. The van der Waals surface area contributed by atoms with Crippen LogP contribution in [0.4, 0.5) is 10.1 Å². The zero-order valence-electron chi connectivity index (χ0n) is 46.9. The lowest BCUT2D eigenvalue weighted by Gasteiger charge is -2.50. The summed E-state index contributed by atoms with van der Waals surface area (Å²) in [4.78, 5) is 21.0. The molecule has 3 N–H and O–H groups in total. The highest BCUT2D eigenvalue weighted by molar-refractivity contribution is 7.91. The molecule has 19 heteroatoms. The third-order valence-corrected chi connectivity index (χ3v) is 19.1. The number of alkyl halides is 1. The molecule has 17 nitrogen and oxygen atoms in total. The second-order valence-corrected chi connectivity index (χ2v) is 25.8. The van der Waals surface area contributed by atoms with E-state index in [0.717, 1.165) is 23.4 Å². The molecule has 0 bridgehead atoms. The summed E-state index contributed by atoms with van der Waals surface area (Å²) in [5.41, 5.74) is -1.06. The third kappa shape index (κ3) is 14.6. The van der Waals surface area contributed by atoms with E-state index in [9.17, 15) is 32.9 Å². The van der Waals surface area contributed by atoms with Crippen molar-refractivity contribution in [3.05, 3.63) is 41.7 Å². The molecule has 2 aromatic rings. The van der Waals surface area contributed by atoms with Crippen LogP contribution in [0.15, 0.2) is 30.5 Å². The highest BCUT2D eigenvalue weighted by Crippen LogP contribution is 2.45. The second kappa shape index (κ2) is 25.3. The summed E-state index contributed by atoms with van der Waals surface area (Å²) in [6.45, 7) is 20.7. The van der Waals surface area contributed by atoms with Gasteiger partial charge in [0.05, 0.1) is 64.8 Å². The Morgan fingerprint density at radius 2 is 1.65 bits per heavy atom. The maximum atomic E-state index is 14.7. The van der Waals surface area contributed by atoms with E-state index in [1.807, 2.05) is 90.9 Å². The topological polar surface area (TPSA) is 198 Å². The molecule has 4 aliphatic heterocycles. The van der Waals surface area contributed by atoms with Crippen LogP contribution in [0.5, 0.6) is 0 Å². The van der Waals surface area contributed by atoms with Crippen molar-refractivity contribution in [2.75, 3.05) is 70.5 Å². The molecule has 4 fully saturated rings. The Balaban J connectivity index is 1.22. The summed E-state index contributed by atoms with van der Waals surface area (Å²) >= 11 is 0. The minimum Gasteiger partial charge on any atom is -0.459 e.